The van der Waals surface area contributed by atoms with Gasteiger partial charge in [-0.1, -0.05) is 24.3 Å². The van der Waals surface area contributed by atoms with Crippen LogP contribution in [0.3, 0.4) is 0 Å². The van der Waals surface area contributed by atoms with Crippen LogP contribution in [0.15, 0.2) is 82.4 Å². The molecule has 0 bridgehead atoms. The maximum absolute atomic E-state index is 12.6. The zero-order valence-corrected chi connectivity index (χ0v) is 19.3. The zero-order valence-electron chi connectivity index (χ0n) is 18.4. The molecule has 2 aromatic heterocycles. The smallest absolute Gasteiger partial charge is 0.299 e. The minimum Gasteiger partial charge on any atom is -0.495 e. The van der Waals surface area contributed by atoms with Gasteiger partial charge in [0, 0.05) is 23.4 Å². The van der Waals surface area contributed by atoms with Gasteiger partial charge in [-0.25, -0.2) is 18.1 Å². The van der Waals surface area contributed by atoms with E-state index < -0.39 is 10.0 Å². The number of hydrogen-bond donors (Lipinski definition) is 2. The predicted molar refractivity (Wildman–Crippen MR) is 127 cm³/mol. The number of nitrogens with one attached hydrogen (secondary N) is 2. The van der Waals surface area contributed by atoms with Crippen molar-refractivity contribution in [3.05, 3.63) is 73.1 Å². The molecule has 0 atom stereocenters. The molecule has 4 aromatic rings. The van der Waals surface area contributed by atoms with Crippen LogP contribution in [0.5, 0.6) is 5.75 Å². The summed E-state index contributed by atoms with van der Waals surface area (Å²) in [6.45, 7) is 3.52. The van der Waals surface area contributed by atoms with E-state index in [1.807, 2.05) is 42.5 Å². The molecule has 170 valence electrons. The average molecular weight is 465 g/mol. The number of oxazole rings is 1. The molecule has 0 unspecified atom stereocenters. The van der Waals surface area contributed by atoms with Gasteiger partial charge in [-0.05, 0) is 50.2 Å². The van der Waals surface area contributed by atoms with Crippen LogP contribution in [0.25, 0.3) is 22.6 Å². The maximum atomic E-state index is 12.6. The Morgan fingerprint density at radius 3 is 2.52 bits per heavy atom. The number of pyridine rings is 1. The number of benzene rings is 2. The van der Waals surface area contributed by atoms with Crippen molar-refractivity contribution in [2.45, 2.75) is 24.8 Å². The molecule has 2 N–H and O–H groups in total. The standard InChI is InChI=1S/C24H24N4O4S/c1-16(2)28-33(29,30)19-10-11-22(31-3)21(14-19)27-24-26-15-23(32-24)18-8-6-7-17(13-18)20-9-4-5-12-25-20/h4-16,28H,1-3H3,(H,26,27). The largest absolute Gasteiger partial charge is 0.495 e. The van der Waals surface area contributed by atoms with E-state index in [1.165, 1.54) is 19.2 Å². The molecule has 0 aliphatic carbocycles. The monoisotopic (exact) mass is 464 g/mol. The van der Waals surface area contributed by atoms with Gasteiger partial charge in [-0.3, -0.25) is 4.98 Å². The molecule has 0 spiro atoms. The van der Waals surface area contributed by atoms with E-state index in [4.69, 9.17) is 9.15 Å². The van der Waals surface area contributed by atoms with E-state index in [0.29, 0.717) is 17.2 Å². The van der Waals surface area contributed by atoms with Crippen LogP contribution in [-0.2, 0) is 10.0 Å². The zero-order chi connectivity index (χ0) is 23.4. The first-order valence-electron chi connectivity index (χ1n) is 10.3. The van der Waals surface area contributed by atoms with Gasteiger partial charge in [0.2, 0.25) is 10.0 Å². The number of aromatic nitrogens is 2. The number of methoxy groups -OCH3 is 1. The summed E-state index contributed by atoms with van der Waals surface area (Å²) in [4.78, 5) is 8.78. The van der Waals surface area contributed by atoms with Crippen LogP contribution in [0, 0.1) is 0 Å². The highest BCUT2D eigenvalue weighted by molar-refractivity contribution is 7.89. The van der Waals surface area contributed by atoms with Crippen molar-refractivity contribution in [2.75, 3.05) is 12.4 Å². The summed E-state index contributed by atoms with van der Waals surface area (Å²) in [5.74, 6) is 1.01. The van der Waals surface area contributed by atoms with Gasteiger partial charge in [0.15, 0.2) is 5.76 Å². The second-order valence-electron chi connectivity index (χ2n) is 7.59. The second-order valence-corrected chi connectivity index (χ2v) is 9.30. The van der Waals surface area contributed by atoms with Crippen molar-refractivity contribution >= 4 is 21.7 Å². The van der Waals surface area contributed by atoms with Crippen molar-refractivity contribution in [1.82, 2.24) is 14.7 Å². The topological polar surface area (TPSA) is 106 Å². The molecule has 0 saturated heterocycles. The number of ether oxygens (including phenoxy) is 1. The molecule has 0 aliphatic heterocycles. The molecule has 0 saturated carbocycles. The summed E-state index contributed by atoms with van der Waals surface area (Å²) in [6, 6.07) is 18.1. The van der Waals surface area contributed by atoms with Gasteiger partial charge in [0.25, 0.3) is 6.01 Å². The van der Waals surface area contributed by atoms with Crippen LogP contribution >= 0.6 is 0 Å². The molecule has 2 heterocycles. The Labute approximate surface area is 192 Å². The number of hydrogen-bond acceptors (Lipinski definition) is 7. The normalized spacial score (nSPS) is 11.5. The summed E-state index contributed by atoms with van der Waals surface area (Å²) in [6.07, 6.45) is 3.35. The van der Waals surface area contributed by atoms with Gasteiger partial charge < -0.3 is 14.5 Å². The Bertz CT molecular complexity index is 1350. The third kappa shape index (κ3) is 5.21. The summed E-state index contributed by atoms with van der Waals surface area (Å²) >= 11 is 0. The summed E-state index contributed by atoms with van der Waals surface area (Å²) in [7, 11) is -2.17. The fourth-order valence-electron chi connectivity index (χ4n) is 3.28. The Hall–Kier alpha value is -3.69. The van der Waals surface area contributed by atoms with E-state index >= 15 is 0 Å². The third-order valence-corrected chi connectivity index (χ3v) is 6.38. The molecule has 33 heavy (non-hydrogen) atoms. The molecule has 8 nitrogen and oxygen atoms in total. The number of anilines is 2. The second kappa shape index (κ2) is 9.43. The lowest BCUT2D eigenvalue weighted by Gasteiger charge is -2.13. The van der Waals surface area contributed by atoms with Crippen molar-refractivity contribution in [3.8, 4) is 28.3 Å². The van der Waals surface area contributed by atoms with E-state index in [9.17, 15) is 8.42 Å². The molecule has 4 rings (SSSR count). The molecule has 9 heteroatoms. The fraction of sp³-hybridized carbons (Fsp3) is 0.167. The highest BCUT2D eigenvalue weighted by Gasteiger charge is 2.18. The van der Waals surface area contributed by atoms with Crippen LogP contribution in [0.2, 0.25) is 0 Å². The van der Waals surface area contributed by atoms with Gasteiger partial charge >= 0.3 is 0 Å². The van der Waals surface area contributed by atoms with Gasteiger partial charge in [0.1, 0.15) is 5.75 Å². The minimum absolute atomic E-state index is 0.106. The molecule has 2 aromatic carbocycles. The average Bonchev–Trinajstić information content (AvgIpc) is 3.27. The van der Waals surface area contributed by atoms with Crippen LogP contribution in [0.4, 0.5) is 11.7 Å². The Balaban J connectivity index is 1.61. The van der Waals surface area contributed by atoms with Gasteiger partial charge in [-0.2, -0.15) is 0 Å². The molecular formula is C24H24N4O4S. The molecule has 0 amide bonds. The van der Waals surface area contributed by atoms with E-state index in [2.05, 4.69) is 20.0 Å². The predicted octanol–water partition coefficient (Wildman–Crippen LogP) is 4.84. The van der Waals surface area contributed by atoms with Crippen molar-refractivity contribution in [1.29, 1.82) is 0 Å². The Morgan fingerprint density at radius 2 is 1.79 bits per heavy atom. The van der Waals surface area contributed by atoms with Crippen molar-refractivity contribution in [2.24, 2.45) is 0 Å². The summed E-state index contributed by atoms with van der Waals surface area (Å²) < 4.78 is 38.9. The Kier molecular flexibility index (Phi) is 6.43. The molecule has 0 radical (unpaired) electrons. The molecule has 0 aliphatic rings. The van der Waals surface area contributed by atoms with E-state index in [-0.39, 0.29) is 17.0 Å². The third-order valence-electron chi connectivity index (χ3n) is 4.73. The molecular weight excluding hydrogens is 440 g/mol. The highest BCUT2D eigenvalue weighted by Crippen LogP contribution is 2.32. The van der Waals surface area contributed by atoms with Crippen LogP contribution < -0.4 is 14.8 Å². The quantitative estimate of drug-likeness (QED) is 0.384. The number of sulfonamides is 1. The SMILES string of the molecule is COc1ccc(S(=O)(=O)NC(C)C)cc1Nc1ncc(-c2cccc(-c3ccccn3)c2)o1. The first-order chi connectivity index (χ1) is 15.9. The van der Waals surface area contributed by atoms with E-state index in [1.54, 1.807) is 32.3 Å². The summed E-state index contributed by atoms with van der Waals surface area (Å²) in [5, 5.41) is 3.02. The van der Waals surface area contributed by atoms with Crippen molar-refractivity contribution < 1.29 is 17.6 Å². The van der Waals surface area contributed by atoms with Crippen LogP contribution in [0.1, 0.15) is 13.8 Å². The summed E-state index contributed by atoms with van der Waals surface area (Å²) in [5.41, 5.74) is 3.06. The fourth-order valence-corrected chi connectivity index (χ4v) is 4.55. The Morgan fingerprint density at radius 1 is 0.970 bits per heavy atom. The van der Waals surface area contributed by atoms with Gasteiger partial charge in [-0.15, -0.1) is 0 Å². The minimum atomic E-state index is -3.67. The van der Waals surface area contributed by atoms with Crippen molar-refractivity contribution in [3.63, 3.8) is 0 Å². The lowest BCUT2D eigenvalue weighted by molar-refractivity contribution is 0.416. The highest BCUT2D eigenvalue weighted by atomic mass is 32.2. The first-order valence-corrected chi connectivity index (χ1v) is 11.8. The lowest BCUT2D eigenvalue weighted by atomic mass is 10.1. The van der Waals surface area contributed by atoms with Gasteiger partial charge in [0.05, 0.1) is 29.6 Å². The van der Waals surface area contributed by atoms with E-state index in [0.717, 1.165) is 16.8 Å². The lowest BCUT2D eigenvalue weighted by Crippen LogP contribution is -2.30. The number of rotatable bonds is 8. The maximum Gasteiger partial charge on any atom is 0.299 e. The molecule has 0 fully saturated rings. The number of nitrogens with zero attached hydrogens (tertiary/aromatic N) is 2. The first kappa shape index (κ1) is 22.5. The van der Waals surface area contributed by atoms with Crippen LogP contribution in [-0.4, -0.2) is 31.5 Å².